The van der Waals surface area contributed by atoms with Gasteiger partial charge in [-0.05, 0) is 44.1 Å². The number of carbonyl (C=O) groups excluding carboxylic acids is 2. The summed E-state index contributed by atoms with van der Waals surface area (Å²) < 4.78 is 6.20. The van der Waals surface area contributed by atoms with Crippen molar-refractivity contribution in [2.24, 2.45) is 5.92 Å². The minimum Gasteiger partial charge on any atom is -0.375 e. The van der Waals surface area contributed by atoms with Gasteiger partial charge in [-0.15, -0.1) is 0 Å². The van der Waals surface area contributed by atoms with Crippen molar-refractivity contribution in [2.45, 2.75) is 51.2 Å². The lowest BCUT2D eigenvalue weighted by atomic mass is 9.78. The van der Waals surface area contributed by atoms with Gasteiger partial charge in [0.1, 0.15) is 5.69 Å². The largest absolute Gasteiger partial charge is 0.375 e. The first-order chi connectivity index (χ1) is 15.0. The fourth-order valence-electron chi connectivity index (χ4n) is 4.57. The first-order valence-corrected chi connectivity index (χ1v) is 11.1. The van der Waals surface area contributed by atoms with Gasteiger partial charge < -0.3 is 15.0 Å². The zero-order valence-electron chi connectivity index (χ0n) is 18.0. The molecule has 1 atom stereocenters. The van der Waals surface area contributed by atoms with Gasteiger partial charge in [-0.25, -0.2) is 4.98 Å². The summed E-state index contributed by atoms with van der Waals surface area (Å²) in [7, 11) is 0. The van der Waals surface area contributed by atoms with E-state index < -0.39 is 0 Å². The van der Waals surface area contributed by atoms with Gasteiger partial charge in [0.05, 0.1) is 17.5 Å². The zero-order valence-corrected chi connectivity index (χ0v) is 18.0. The number of hydrogen-bond acceptors (Lipinski definition) is 5. The first-order valence-electron chi connectivity index (χ1n) is 11.1. The van der Waals surface area contributed by atoms with E-state index in [-0.39, 0.29) is 17.4 Å². The van der Waals surface area contributed by atoms with Crippen molar-refractivity contribution in [2.75, 3.05) is 19.7 Å². The fraction of sp³-hybridized carbons (Fsp3) is 0.500. The summed E-state index contributed by atoms with van der Waals surface area (Å²) in [5.41, 5.74) is 2.07. The number of piperidine rings is 1. The number of benzene rings is 1. The number of aromatic nitrogens is 2. The number of carbonyl (C=O) groups is 2. The second kappa shape index (κ2) is 9.56. The summed E-state index contributed by atoms with van der Waals surface area (Å²) in [6.07, 6.45) is 7.06. The number of aryl methyl sites for hydroxylation is 1. The molecule has 1 unspecified atom stereocenters. The number of hydrogen-bond donors (Lipinski definition) is 1. The van der Waals surface area contributed by atoms with Crippen LogP contribution in [0.2, 0.25) is 0 Å². The molecule has 1 N–H and O–H groups in total. The van der Waals surface area contributed by atoms with Crippen molar-refractivity contribution in [1.29, 1.82) is 0 Å². The molecule has 31 heavy (non-hydrogen) atoms. The molecule has 3 heterocycles. The van der Waals surface area contributed by atoms with E-state index in [1.807, 2.05) is 42.2 Å². The summed E-state index contributed by atoms with van der Waals surface area (Å²) in [6, 6.07) is 9.96. The van der Waals surface area contributed by atoms with E-state index in [4.69, 9.17) is 4.74 Å². The number of ether oxygens (including phenoxy) is 1. The van der Waals surface area contributed by atoms with E-state index in [0.29, 0.717) is 44.3 Å². The van der Waals surface area contributed by atoms with Gasteiger partial charge in [-0.3, -0.25) is 14.6 Å². The molecule has 2 amide bonds. The Labute approximate surface area is 183 Å². The molecule has 7 nitrogen and oxygen atoms in total. The number of likely N-dealkylation sites (tertiary alicyclic amines) is 1. The smallest absolute Gasteiger partial charge is 0.274 e. The maximum atomic E-state index is 12.7. The van der Waals surface area contributed by atoms with Gasteiger partial charge in [0.25, 0.3) is 5.91 Å². The molecular weight excluding hydrogens is 392 g/mol. The molecule has 1 spiro atoms. The number of nitrogens with one attached hydrogen (secondary N) is 1. The van der Waals surface area contributed by atoms with Crippen LogP contribution in [0.15, 0.2) is 42.7 Å². The van der Waals surface area contributed by atoms with Crippen LogP contribution < -0.4 is 5.32 Å². The van der Waals surface area contributed by atoms with Gasteiger partial charge in [0.15, 0.2) is 0 Å². The first kappa shape index (κ1) is 21.4. The van der Waals surface area contributed by atoms with Crippen LogP contribution in [0.25, 0.3) is 0 Å². The third-order valence-corrected chi connectivity index (χ3v) is 6.36. The van der Waals surface area contributed by atoms with Crippen molar-refractivity contribution in [1.82, 2.24) is 20.2 Å². The van der Waals surface area contributed by atoms with Crippen molar-refractivity contribution >= 4 is 11.8 Å². The minimum absolute atomic E-state index is 0.0741. The Morgan fingerprint density at radius 1 is 1.16 bits per heavy atom. The highest BCUT2D eigenvalue weighted by atomic mass is 16.5. The Hall–Kier alpha value is -2.80. The Morgan fingerprint density at radius 2 is 1.94 bits per heavy atom. The Bertz CT molecular complexity index is 893. The van der Waals surface area contributed by atoms with Crippen LogP contribution in [0.4, 0.5) is 0 Å². The van der Waals surface area contributed by atoms with E-state index in [0.717, 1.165) is 36.9 Å². The molecule has 2 fully saturated rings. The molecule has 1 aromatic carbocycles. The van der Waals surface area contributed by atoms with Crippen LogP contribution >= 0.6 is 0 Å². The van der Waals surface area contributed by atoms with Gasteiger partial charge in [-0.2, -0.15) is 0 Å². The lowest BCUT2D eigenvalue weighted by molar-refractivity contribution is -0.134. The molecule has 164 valence electrons. The third-order valence-electron chi connectivity index (χ3n) is 6.36. The normalized spacial score (nSPS) is 20.4. The van der Waals surface area contributed by atoms with E-state index in [9.17, 15) is 9.59 Å². The lowest BCUT2D eigenvalue weighted by Crippen LogP contribution is -2.51. The average molecular weight is 423 g/mol. The Balaban J connectivity index is 1.27. The van der Waals surface area contributed by atoms with Crippen LogP contribution in [0, 0.1) is 12.8 Å². The van der Waals surface area contributed by atoms with Crippen LogP contribution in [0.5, 0.6) is 0 Å². The maximum absolute atomic E-state index is 12.7. The van der Waals surface area contributed by atoms with Crippen molar-refractivity contribution < 1.29 is 14.3 Å². The summed E-state index contributed by atoms with van der Waals surface area (Å²) >= 11 is 0. The van der Waals surface area contributed by atoms with E-state index in [1.54, 1.807) is 12.4 Å². The van der Waals surface area contributed by atoms with Gasteiger partial charge >= 0.3 is 0 Å². The summed E-state index contributed by atoms with van der Waals surface area (Å²) in [4.78, 5) is 35.4. The molecule has 2 aliphatic heterocycles. The molecule has 0 saturated carbocycles. The predicted molar refractivity (Wildman–Crippen MR) is 116 cm³/mol. The summed E-state index contributed by atoms with van der Waals surface area (Å²) in [5.74, 6) is 0.334. The van der Waals surface area contributed by atoms with Gasteiger partial charge in [-0.1, -0.05) is 30.3 Å². The molecule has 0 bridgehead atoms. The number of rotatable bonds is 5. The van der Waals surface area contributed by atoms with E-state index in [2.05, 4.69) is 15.3 Å². The van der Waals surface area contributed by atoms with Crippen molar-refractivity contribution in [3.8, 4) is 0 Å². The summed E-state index contributed by atoms with van der Waals surface area (Å²) in [6.45, 7) is 4.37. The number of amides is 2. The molecule has 2 aliphatic rings. The molecular formula is C24H30N4O3. The SMILES string of the molecule is Cc1cnc(C(=O)N2CCC3(CC2)CC(CC(=O)NCc2ccccc2)CCO3)cn1. The summed E-state index contributed by atoms with van der Waals surface area (Å²) in [5, 5.41) is 3.04. The van der Waals surface area contributed by atoms with Gasteiger partial charge in [0.2, 0.25) is 5.91 Å². The second-order valence-electron chi connectivity index (χ2n) is 8.69. The predicted octanol–water partition coefficient (Wildman–Crippen LogP) is 2.89. The Morgan fingerprint density at radius 3 is 2.65 bits per heavy atom. The highest BCUT2D eigenvalue weighted by Gasteiger charge is 2.41. The standard InChI is InChI=1S/C24H30N4O3/c1-18-15-26-21(17-25-18)23(30)28-10-8-24(9-11-28)14-20(7-12-31-24)13-22(29)27-16-19-5-3-2-4-6-19/h2-6,15,17,20H,7-14,16H2,1H3,(H,27,29). The highest BCUT2D eigenvalue weighted by molar-refractivity contribution is 5.92. The van der Waals surface area contributed by atoms with Crippen LogP contribution in [-0.4, -0.2) is 52.0 Å². The molecule has 2 saturated heterocycles. The lowest BCUT2D eigenvalue weighted by Gasteiger charge is -2.46. The number of nitrogens with zero attached hydrogens (tertiary/aromatic N) is 3. The van der Waals surface area contributed by atoms with Crippen LogP contribution in [0.3, 0.4) is 0 Å². The maximum Gasteiger partial charge on any atom is 0.274 e. The molecule has 2 aromatic rings. The van der Waals surface area contributed by atoms with Crippen LogP contribution in [0.1, 0.15) is 53.8 Å². The minimum atomic E-state index is -0.224. The second-order valence-corrected chi connectivity index (χ2v) is 8.69. The van der Waals surface area contributed by atoms with Crippen molar-refractivity contribution in [3.63, 3.8) is 0 Å². The van der Waals surface area contributed by atoms with E-state index in [1.165, 1.54) is 0 Å². The highest BCUT2D eigenvalue weighted by Crippen LogP contribution is 2.39. The molecule has 0 radical (unpaired) electrons. The molecule has 4 rings (SSSR count). The fourth-order valence-corrected chi connectivity index (χ4v) is 4.57. The molecule has 1 aromatic heterocycles. The average Bonchev–Trinajstić information content (AvgIpc) is 2.79. The quantitative estimate of drug-likeness (QED) is 0.801. The third kappa shape index (κ3) is 5.47. The van der Waals surface area contributed by atoms with Crippen LogP contribution in [-0.2, 0) is 16.1 Å². The topological polar surface area (TPSA) is 84.4 Å². The monoisotopic (exact) mass is 422 g/mol. The molecule has 0 aliphatic carbocycles. The Kier molecular flexibility index (Phi) is 6.61. The van der Waals surface area contributed by atoms with Gasteiger partial charge in [0, 0.05) is 38.9 Å². The molecule has 7 heteroatoms. The zero-order chi connectivity index (χ0) is 21.7. The van der Waals surface area contributed by atoms with E-state index >= 15 is 0 Å². The van der Waals surface area contributed by atoms with Crippen molar-refractivity contribution in [3.05, 3.63) is 59.7 Å².